The zero-order chi connectivity index (χ0) is 26.6. The van der Waals surface area contributed by atoms with Gasteiger partial charge >= 0.3 is 5.97 Å². The number of rotatable bonds is 5. The molecule has 3 atom stereocenters. The molecule has 0 radical (unpaired) electrons. The van der Waals surface area contributed by atoms with Gasteiger partial charge < -0.3 is 20.1 Å². The minimum absolute atomic E-state index is 0.0321. The second kappa shape index (κ2) is 9.73. The number of carbonyl (C=O) groups excluding carboxylic acids is 2. The first-order chi connectivity index (χ1) is 18.4. The van der Waals surface area contributed by atoms with Crippen molar-refractivity contribution in [3.05, 3.63) is 122 Å². The van der Waals surface area contributed by atoms with Gasteiger partial charge in [-0.15, -0.1) is 0 Å². The number of Topliss-reactive ketones (excluding diaryl/α,β-unsaturated/α-hetero) is 1. The molecule has 6 nitrogen and oxygen atoms in total. The number of aliphatic hydroxyl groups is 1. The number of methoxy groups -OCH3 is 1. The minimum Gasteiger partial charge on any atom is -0.510 e. The molecule has 3 heterocycles. The second-order valence-corrected chi connectivity index (χ2v) is 11.2. The van der Waals surface area contributed by atoms with Gasteiger partial charge in [-0.25, -0.2) is 4.79 Å². The van der Waals surface area contributed by atoms with Crippen molar-refractivity contribution in [2.45, 2.75) is 23.8 Å². The molecule has 0 amide bonds. The lowest BCUT2D eigenvalue weighted by molar-refractivity contribution is -0.137. The van der Waals surface area contributed by atoms with E-state index in [0.717, 1.165) is 11.1 Å². The summed E-state index contributed by atoms with van der Waals surface area (Å²) in [7, 11) is 1.30. The van der Waals surface area contributed by atoms with Crippen LogP contribution in [0.2, 0.25) is 10.0 Å². The van der Waals surface area contributed by atoms with E-state index in [0.29, 0.717) is 38.4 Å². The Labute approximate surface area is 233 Å². The number of nitrogens with one attached hydrogen (secondary N) is 1. The van der Waals surface area contributed by atoms with Crippen molar-refractivity contribution in [3.8, 4) is 0 Å². The molecule has 3 aromatic rings. The number of aliphatic hydroxyl groups excluding tert-OH is 1. The lowest BCUT2D eigenvalue weighted by Gasteiger charge is -2.54. The third kappa shape index (κ3) is 3.97. The van der Waals surface area contributed by atoms with Crippen molar-refractivity contribution >= 4 is 52.4 Å². The molecule has 6 rings (SSSR count). The lowest BCUT2D eigenvalue weighted by Crippen LogP contribution is -2.56. The molecule has 3 aliphatic heterocycles. The van der Waals surface area contributed by atoms with Crippen LogP contribution in [0.15, 0.2) is 94.9 Å². The Morgan fingerprint density at radius 2 is 1.79 bits per heavy atom. The van der Waals surface area contributed by atoms with Crippen molar-refractivity contribution in [2.24, 2.45) is 0 Å². The van der Waals surface area contributed by atoms with Crippen LogP contribution in [-0.2, 0) is 16.0 Å². The molecule has 2 N–H and O–H groups in total. The molecule has 192 valence electrons. The van der Waals surface area contributed by atoms with Gasteiger partial charge in [-0.2, -0.15) is 0 Å². The van der Waals surface area contributed by atoms with Crippen molar-refractivity contribution in [1.82, 2.24) is 4.90 Å². The number of halogens is 2. The van der Waals surface area contributed by atoms with Crippen LogP contribution in [0.25, 0.3) is 0 Å². The summed E-state index contributed by atoms with van der Waals surface area (Å²) in [4.78, 5) is 29.2. The average Bonchev–Trinajstić information content (AvgIpc) is 2.93. The van der Waals surface area contributed by atoms with E-state index in [2.05, 4.69) is 5.32 Å². The Morgan fingerprint density at radius 1 is 1.05 bits per heavy atom. The summed E-state index contributed by atoms with van der Waals surface area (Å²) in [5.74, 6) is -0.843. The number of allylic oxidation sites excluding steroid dienone is 1. The highest BCUT2D eigenvalue weighted by Crippen LogP contribution is 2.56. The SMILES string of the molecule is COC(=O)C1=C(O)C2SC(Nc3ccc(Cl)cc3Cl)=C(C(=O)c3ccccc3)N3C1Cc1ccccc1C23. The summed E-state index contributed by atoms with van der Waals surface area (Å²) in [6.07, 6.45) is 0.430. The van der Waals surface area contributed by atoms with Crippen molar-refractivity contribution in [1.29, 1.82) is 0 Å². The van der Waals surface area contributed by atoms with Crippen molar-refractivity contribution in [2.75, 3.05) is 12.4 Å². The fourth-order valence-corrected chi connectivity index (χ4v) is 7.33. The second-order valence-electron chi connectivity index (χ2n) is 9.22. The zero-order valence-corrected chi connectivity index (χ0v) is 22.5. The number of benzene rings is 3. The van der Waals surface area contributed by atoms with E-state index < -0.39 is 17.3 Å². The number of thioether (sulfide) groups is 1. The average molecular weight is 565 g/mol. The monoisotopic (exact) mass is 564 g/mol. The molecule has 3 aliphatic rings. The van der Waals surface area contributed by atoms with Gasteiger partial charge in [0.05, 0.1) is 40.7 Å². The first kappa shape index (κ1) is 24.9. The predicted molar refractivity (Wildman–Crippen MR) is 149 cm³/mol. The maximum Gasteiger partial charge on any atom is 0.339 e. The van der Waals surface area contributed by atoms with E-state index in [9.17, 15) is 14.7 Å². The number of nitrogens with zero attached hydrogens (tertiary/aromatic N) is 1. The van der Waals surface area contributed by atoms with Gasteiger partial charge in [-0.3, -0.25) is 4.79 Å². The fourth-order valence-electron chi connectivity index (χ4n) is 5.50. The lowest BCUT2D eigenvalue weighted by atomic mass is 9.77. The standard InChI is InChI=1S/C29H22Cl2N2O4S/c1-37-29(36)22-21-13-16-9-5-6-10-18(16)23-27(26(22)35)38-28(32-20-12-11-17(30)14-19(20)31)24(33(21)23)25(34)15-7-3-2-4-8-15/h2-12,14,21,23,27,32,35H,13H2,1H3. The van der Waals surface area contributed by atoms with Gasteiger partial charge in [0.15, 0.2) is 0 Å². The molecule has 4 bridgehead atoms. The van der Waals surface area contributed by atoms with Crippen LogP contribution in [0.4, 0.5) is 5.69 Å². The number of fused-ring (bicyclic) bond motifs is 1. The summed E-state index contributed by atoms with van der Waals surface area (Å²) in [5.41, 5.74) is 3.74. The number of hydrogen-bond acceptors (Lipinski definition) is 7. The molecular formula is C29H22Cl2N2O4S. The topological polar surface area (TPSA) is 78.9 Å². The van der Waals surface area contributed by atoms with E-state index in [1.54, 1.807) is 30.3 Å². The summed E-state index contributed by atoms with van der Waals surface area (Å²) < 4.78 is 5.10. The Kier molecular flexibility index (Phi) is 6.38. The smallest absolute Gasteiger partial charge is 0.339 e. The number of carbonyl (C=O) groups is 2. The Morgan fingerprint density at radius 3 is 2.53 bits per heavy atom. The molecular weight excluding hydrogens is 543 g/mol. The minimum atomic E-state index is -0.607. The Balaban J connectivity index is 1.58. The summed E-state index contributed by atoms with van der Waals surface area (Å²) in [5, 5.41) is 15.7. The van der Waals surface area contributed by atoms with E-state index in [1.807, 2.05) is 47.4 Å². The summed E-state index contributed by atoms with van der Waals surface area (Å²) >= 11 is 13.9. The van der Waals surface area contributed by atoms with E-state index in [-0.39, 0.29) is 23.2 Å². The van der Waals surface area contributed by atoms with Crippen LogP contribution in [0.1, 0.15) is 27.5 Å². The third-order valence-electron chi connectivity index (χ3n) is 7.14. The summed E-state index contributed by atoms with van der Waals surface area (Å²) in [6, 6.07) is 21.1. The molecule has 0 fully saturated rings. The molecule has 3 aromatic carbocycles. The fraction of sp³-hybridized carbons (Fsp3) is 0.172. The molecule has 3 unspecified atom stereocenters. The first-order valence-corrected chi connectivity index (χ1v) is 13.6. The first-order valence-electron chi connectivity index (χ1n) is 12.0. The van der Waals surface area contributed by atoms with E-state index in [4.69, 9.17) is 27.9 Å². The molecule has 0 saturated carbocycles. The van der Waals surface area contributed by atoms with Crippen LogP contribution in [0.3, 0.4) is 0 Å². The molecule has 0 aromatic heterocycles. The normalized spacial score (nSPS) is 21.7. The molecule has 9 heteroatoms. The van der Waals surface area contributed by atoms with Crippen LogP contribution in [-0.4, -0.2) is 40.2 Å². The maximum absolute atomic E-state index is 14.2. The molecule has 38 heavy (non-hydrogen) atoms. The zero-order valence-electron chi connectivity index (χ0n) is 20.2. The summed E-state index contributed by atoms with van der Waals surface area (Å²) in [6.45, 7) is 0. The number of anilines is 1. The van der Waals surface area contributed by atoms with Crippen LogP contribution in [0.5, 0.6) is 0 Å². The van der Waals surface area contributed by atoms with Crippen LogP contribution in [0, 0.1) is 0 Å². The Hall–Kier alpha value is -3.39. The largest absolute Gasteiger partial charge is 0.510 e. The molecule has 0 saturated heterocycles. The highest BCUT2D eigenvalue weighted by atomic mass is 35.5. The van der Waals surface area contributed by atoms with Crippen molar-refractivity contribution in [3.63, 3.8) is 0 Å². The highest BCUT2D eigenvalue weighted by molar-refractivity contribution is 8.04. The van der Waals surface area contributed by atoms with Gasteiger partial charge in [-0.05, 0) is 35.7 Å². The van der Waals surface area contributed by atoms with Gasteiger partial charge in [-0.1, -0.05) is 89.6 Å². The van der Waals surface area contributed by atoms with Crippen LogP contribution >= 0.6 is 35.0 Å². The highest BCUT2D eigenvalue weighted by Gasteiger charge is 2.55. The van der Waals surface area contributed by atoms with Crippen LogP contribution < -0.4 is 5.32 Å². The number of ether oxygens (including phenoxy) is 1. The quantitative estimate of drug-likeness (QED) is 0.269. The van der Waals surface area contributed by atoms with E-state index >= 15 is 0 Å². The Bertz CT molecular complexity index is 1540. The third-order valence-corrected chi connectivity index (χ3v) is 8.96. The number of ketones is 1. The molecule has 0 spiro atoms. The number of hydrogen-bond donors (Lipinski definition) is 2. The van der Waals surface area contributed by atoms with Gasteiger partial charge in [0.2, 0.25) is 5.78 Å². The number of esters is 1. The van der Waals surface area contributed by atoms with Gasteiger partial charge in [0.1, 0.15) is 16.5 Å². The van der Waals surface area contributed by atoms with E-state index in [1.165, 1.54) is 18.9 Å². The van der Waals surface area contributed by atoms with Gasteiger partial charge in [0, 0.05) is 10.6 Å². The van der Waals surface area contributed by atoms with Crippen molar-refractivity contribution < 1.29 is 19.4 Å². The predicted octanol–water partition coefficient (Wildman–Crippen LogP) is 6.54. The van der Waals surface area contributed by atoms with Gasteiger partial charge in [0.25, 0.3) is 0 Å². The maximum atomic E-state index is 14.2. The molecule has 0 aliphatic carbocycles.